The van der Waals surface area contributed by atoms with Gasteiger partial charge in [0.15, 0.2) is 0 Å². The Bertz CT molecular complexity index is 358. The van der Waals surface area contributed by atoms with E-state index in [2.05, 4.69) is 28.8 Å². The van der Waals surface area contributed by atoms with Crippen LogP contribution in [0.15, 0.2) is 6.33 Å². The topological polar surface area (TPSA) is 60.0 Å². The summed E-state index contributed by atoms with van der Waals surface area (Å²) in [5.41, 5.74) is 5.66. The molecule has 1 fully saturated rings. The predicted molar refractivity (Wildman–Crippen MR) is 72.1 cm³/mol. The van der Waals surface area contributed by atoms with Crippen LogP contribution < -0.4 is 5.73 Å². The molecule has 1 aromatic rings. The van der Waals surface area contributed by atoms with Crippen molar-refractivity contribution in [1.82, 2.24) is 19.7 Å². The molecule has 2 heterocycles. The zero-order valence-electron chi connectivity index (χ0n) is 11.5. The Morgan fingerprint density at radius 1 is 1.50 bits per heavy atom. The maximum absolute atomic E-state index is 5.66. The fourth-order valence-corrected chi connectivity index (χ4v) is 2.78. The molecule has 0 radical (unpaired) electrons. The van der Waals surface area contributed by atoms with E-state index in [4.69, 9.17) is 5.73 Å². The minimum atomic E-state index is 0.382. The summed E-state index contributed by atoms with van der Waals surface area (Å²) in [4.78, 5) is 6.88. The second-order valence-corrected chi connectivity index (χ2v) is 5.54. The zero-order chi connectivity index (χ0) is 13.0. The van der Waals surface area contributed by atoms with Crippen LogP contribution in [0, 0.1) is 5.92 Å². The zero-order valence-corrected chi connectivity index (χ0v) is 11.5. The Hall–Kier alpha value is -0.940. The summed E-state index contributed by atoms with van der Waals surface area (Å²) in [6, 6.07) is 0.382. The highest BCUT2D eigenvalue weighted by Crippen LogP contribution is 2.20. The van der Waals surface area contributed by atoms with Gasteiger partial charge >= 0.3 is 0 Å². The van der Waals surface area contributed by atoms with Gasteiger partial charge in [-0.25, -0.2) is 9.67 Å². The molecular weight excluding hydrogens is 226 g/mol. The van der Waals surface area contributed by atoms with Crippen molar-refractivity contribution >= 4 is 0 Å². The first kappa shape index (κ1) is 13.5. The van der Waals surface area contributed by atoms with E-state index in [9.17, 15) is 0 Å². The van der Waals surface area contributed by atoms with Gasteiger partial charge in [0.25, 0.3) is 0 Å². The number of likely N-dealkylation sites (tertiary alicyclic amines) is 1. The number of nitrogens with two attached hydrogens (primary N) is 1. The third-order valence-electron chi connectivity index (χ3n) is 3.68. The van der Waals surface area contributed by atoms with Gasteiger partial charge in [0, 0.05) is 12.6 Å². The van der Waals surface area contributed by atoms with Gasteiger partial charge < -0.3 is 5.73 Å². The monoisotopic (exact) mass is 251 g/mol. The van der Waals surface area contributed by atoms with Crippen molar-refractivity contribution < 1.29 is 0 Å². The van der Waals surface area contributed by atoms with Crippen molar-refractivity contribution in [2.45, 2.75) is 45.7 Å². The largest absolute Gasteiger partial charge is 0.330 e. The van der Waals surface area contributed by atoms with E-state index >= 15 is 0 Å². The average Bonchev–Trinajstić information content (AvgIpc) is 2.78. The second-order valence-electron chi connectivity index (χ2n) is 5.54. The summed E-state index contributed by atoms with van der Waals surface area (Å²) in [5.74, 6) is 1.84. The normalized spacial score (nSPS) is 21.7. The molecule has 1 aliphatic heterocycles. The fourth-order valence-electron chi connectivity index (χ4n) is 2.78. The summed E-state index contributed by atoms with van der Waals surface area (Å²) in [5, 5.41) is 4.30. The molecule has 0 spiro atoms. The van der Waals surface area contributed by atoms with Crippen LogP contribution in [0.1, 0.15) is 45.0 Å². The summed E-state index contributed by atoms with van der Waals surface area (Å²) >= 11 is 0. The number of hydrogen-bond donors (Lipinski definition) is 1. The van der Waals surface area contributed by atoms with Crippen LogP contribution in [0.4, 0.5) is 0 Å². The lowest BCUT2D eigenvalue weighted by Crippen LogP contribution is -2.36. The van der Waals surface area contributed by atoms with Crippen molar-refractivity contribution in [2.75, 3.05) is 19.6 Å². The molecule has 5 nitrogen and oxygen atoms in total. The van der Waals surface area contributed by atoms with Gasteiger partial charge in [0.05, 0.1) is 6.54 Å². The second kappa shape index (κ2) is 6.29. The number of nitrogens with zero attached hydrogens (tertiary/aromatic N) is 4. The molecule has 1 unspecified atom stereocenters. The summed E-state index contributed by atoms with van der Waals surface area (Å²) in [6.07, 6.45) is 5.41. The summed E-state index contributed by atoms with van der Waals surface area (Å²) in [7, 11) is 0. The van der Waals surface area contributed by atoms with Crippen molar-refractivity contribution in [3.8, 4) is 0 Å². The van der Waals surface area contributed by atoms with E-state index in [0.717, 1.165) is 37.8 Å². The van der Waals surface area contributed by atoms with Crippen molar-refractivity contribution in [3.05, 3.63) is 12.2 Å². The highest BCUT2D eigenvalue weighted by Gasteiger charge is 2.21. The summed E-state index contributed by atoms with van der Waals surface area (Å²) < 4.78 is 2.02. The number of rotatable bonds is 5. The van der Waals surface area contributed by atoms with Gasteiger partial charge in [-0.1, -0.05) is 0 Å². The molecule has 2 N–H and O–H groups in total. The van der Waals surface area contributed by atoms with Gasteiger partial charge in [-0.05, 0) is 52.1 Å². The Balaban J connectivity index is 1.94. The Morgan fingerprint density at radius 3 is 3.06 bits per heavy atom. The first-order chi connectivity index (χ1) is 8.70. The van der Waals surface area contributed by atoms with Crippen LogP contribution in [0.2, 0.25) is 0 Å². The lowest BCUT2D eigenvalue weighted by atomic mass is 9.95. The Labute approximate surface area is 109 Å². The van der Waals surface area contributed by atoms with E-state index in [-0.39, 0.29) is 0 Å². The third-order valence-corrected chi connectivity index (χ3v) is 3.68. The molecule has 2 rings (SSSR count). The lowest BCUT2D eigenvalue weighted by Gasteiger charge is -2.32. The molecular formula is C13H25N5. The Morgan fingerprint density at radius 2 is 2.33 bits per heavy atom. The van der Waals surface area contributed by atoms with Gasteiger partial charge in [0.2, 0.25) is 0 Å². The van der Waals surface area contributed by atoms with E-state index < -0.39 is 0 Å². The Kier molecular flexibility index (Phi) is 4.72. The molecule has 0 amide bonds. The van der Waals surface area contributed by atoms with Crippen LogP contribution in [-0.4, -0.2) is 39.3 Å². The van der Waals surface area contributed by atoms with Gasteiger partial charge in [0.1, 0.15) is 12.2 Å². The van der Waals surface area contributed by atoms with Crippen molar-refractivity contribution in [1.29, 1.82) is 0 Å². The van der Waals surface area contributed by atoms with Gasteiger partial charge in [-0.3, -0.25) is 4.90 Å². The molecule has 1 atom stereocenters. The highest BCUT2D eigenvalue weighted by atomic mass is 15.4. The quantitative estimate of drug-likeness (QED) is 0.860. The average molecular weight is 251 g/mol. The first-order valence-electron chi connectivity index (χ1n) is 7.01. The summed E-state index contributed by atoms with van der Waals surface area (Å²) in [6.45, 7) is 8.34. The molecule has 5 heteroatoms. The van der Waals surface area contributed by atoms with Crippen LogP contribution in [-0.2, 0) is 6.54 Å². The van der Waals surface area contributed by atoms with Crippen LogP contribution in [0.5, 0.6) is 0 Å². The minimum Gasteiger partial charge on any atom is -0.330 e. The standard InChI is InChI=1S/C13H25N5/c1-11(2)18-13(15-10-16-18)9-17-7-3-4-12(8-17)5-6-14/h10-12H,3-9,14H2,1-2H3. The van der Waals surface area contributed by atoms with E-state index in [1.54, 1.807) is 6.33 Å². The maximum Gasteiger partial charge on any atom is 0.141 e. The molecule has 1 saturated heterocycles. The maximum atomic E-state index is 5.66. The van der Waals surface area contributed by atoms with Crippen LogP contribution in [0.25, 0.3) is 0 Å². The van der Waals surface area contributed by atoms with Crippen LogP contribution in [0.3, 0.4) is 0 Å². The van der Waals surface area contributed by atoms with Crippen molar-refractivity contribution in [3.63, 3.8) is 0 Å². The molecule has 0 bridgehead atoms. The number of piperidine rings is 1. The van der Waals surface area contributed by atoms with Crippen LogP contribution >= 0.6 is 0 Å². The number of aromatic nitrogens is 3. The van der Waals surface area contributed by atoms with E-state index in [1.165, 1.54) is 19.4 Å². The molecule has 0 saturated carbocycles. The predicted octanol–water partition coefficient (Wildman–Crippen LogP) is 1.42. The van der Waals surface area contributed by atoms with E-state index in [1.807, 2.05) is 4.68 Å². The van der Waals surface area contributed by atoms with Crippen molar-refractivity contribution in [2.24, 2.45) is 11.7 Å². The molecule has 0 aliphatic carbocycles. The SMILES string of the molecule is CC(C)n1ncnc1CN1CCCC(CCN)C1. The van der Waals surface area contributed by atoms with Gasteiger partial charge in [-0.15, -0.1) is 0 Å². The third kappa shape index (κ3) is 3.29. The smallest absolute Gasteiger partial charge is 0.141 e. The van der Waals surface area contributed by atoms with E-state index in [0.29, 0.717) is 6.04 Å². The molecule has 102 valence electrons. The first-order valence-corrected chi connectivity index (χ1v) is 7.01. The highest BCUT2D eigenvalue weighted by molar-refractivity contribution is 4.88. The lowest BCUT2D eigenvalue weighted by molar-refractivity contribution is 0.156. The molecule has 1 aliphatic rings. The molecule has 0 aromatic carbocycles. The minimum absolute atomic E-state index is 0.382. The molecule has 1 aromatic heterocycles. The molecule has 18 heavy (non-hydrogen) atoms. The fraction of sp³-hybridized carbons (Fsp3) is 0.846. The van der Waals surface area contributed by atoms with Gasteiger partial charge in [-0.2, -0.15) is 5.10 Å². The number of hydrogen-bond acceptors (Lipinski definition) is 4.